The van der Waals surface area contributed by atoms with E-state index in [0.717, 1.165) is 6.26 Å². The molecule has 1 aliphatic rings. The molecule has 2 unspecified atom stereocenters. The van der Waals surface area contributed by atoms with Crippen LogP contribution in [-0.2, 0) is 14.6 Å². The van der Waals surface area contributed by atoms with Crippen LogP contribution in [0.15, 0.2) is 0 Å². The van der Waals surface area contributed by atoms with Crippen LogP contribution in [0.2, 0.25) is 0 Å². The van der Waals surface area contributed by atoms with E-state index in [-0.39, 0.29) is 12.5 Å². The third kappa shape index (κ3) is 5.06. The Morgan fingerprint density at radius 1 is 1.43 bits per heavy atom. The number of nitrogens with zero attached hydrogens (tertiary/aromatic N) is 1. The maximum atomic E-state index is 12.2. The van der Waals surface area contributed by atoms with Crippen LogP contribution in [0.25, 0.3) is 0 Å². The van der Waals surface area contributed by atoms with Crippen molar-refractivity contribution < 1.29 is 23.1 Å². The first-order valence-electron chi connectivity index (χ1n) is 6.68. The van der Waals surface area contributed by atoms with Crippen molar-refractivity contribution in [2.24, 2.45) is 11.8 Å². The molecule has 0 bridgehead atoms. The first-order chi connectivity index (χ1) is 9.64. The van der Waals surface area contributed by atoms with E-state index in [4.69, 9.17) is 5.11 Å². The van der Waals surface area contributed by atoms with E-state index < -0.39 is 33.1 Å². The third-order valence-corrected chi connectivity index (χ3v) is 6.08. The zero-order chi connectivity index (χ0) is 16.2. The van der Waals surface area contributed by atoms with Crippen molar-refractivity contribution in [1.82, 2.24) is 10.2 Å². The van der Waals surface area contributed by atoms with Gasteiger partial charge in [0.15, 0.2) is 9.84 Å². The third-order valence-electron chi connectivity index (χ3n) is 3.43. The molecule has 21 heavy (non-hydrogen) atoms. The van der Waals surface area contributed by atoms with Gasteiger partial charge in [-0.05, 0) is 5.92 Å². The monoisotopic (exact) mass is 338 g/mol. The van der Waals surface area contributed by atoms with E-state index in [1.807, 2.05) is 0 Å². The minimum Gasteiger partial charge on any atom is -0.481 e. The Kier molecular flexibility index (Phi) is 6.33. The summed E-state index contributed by atoms with van der Waals surface area (Å²) in [5, 5.41) is 10.8. The number of thioether (sulfide) groups is 1. The number of urea groups is 1. The van der Waals surface area contributed by atoms with Crippen molar-refractivity contribution in [1.29, 1.82) is 0 Å². The second-order valence-electron chi connectivity index (χ2n) is 5.43. The standard InChI is InChI=1S/C12H22N2O5S2/c1-8(2)9(11(15)16)6-13-12(17)14-4-5-20-7-10(14)21(3,18)19/h8-10H,4-7H2,1-3H3,(H,13,17)(H,15,16). The van der Waals surface area contributed by atoms with Gasteiger partial charge in [0, 0.05) is 30.9 Å². The average Bonchev–Trinajstić information content (AvgIpc) is 2.36. The Bertz CT molecular complexity index is 492. The molecule has 1 fully saturated rings. The molecule has 0 aromatic rings. The van der Waals surface area contributed by atoms with Crippen LogP contribution in [0.5, 0.6) is 0 Å². The number of carboxylic acids is 1. The predicted octanol–water partition coefficient (Wildman–Crippen LogP) is 0.472. The number of rotatable bonds is 5. The number of nitrogens with one attached hydrogen (secondary N) is 1. The van der Waals surface area contributed by atoms with Crippen molar-refractivity contribution in [2.75, 3.05) is 30.9 Å². The van der Waals surface area contributed by atoms with Gasteiger partial charge in [0.2, 0.25) is 0 Å². The van der Waals surface area contributed by atoms with Crippen LogP contribution >= 0.6 is 11.8 Å². The highest BCUT2D eigenvalue weighted by molar-refractivity contribution is 8.00. The number of aliphatic carboxylic acids is 1. The lowest BCUT2D eigenvalue weighted by molar-refractivity contribution is -0.142. The summed E-state index contributed by atoms with van der Waals surface area (Å²) in [6.07, 6.45) is 1.11. The van der Waals surface area contributed by atoms with E-state index in [1.54, 1.807) is 13.8 Å². The van der Waals surface area contributed by atoms with Crippen LogP contribution in [0.1, 0.15) is 13.8 Å². The van der Waals surface area contributed by atoms with Crippen molar-refractivity contribution in [3.63, 3.8) is 0 Å². The summed E-state index contributed by atoms with van der Waals surface area (Å²) in [6.45, 7) is 3.86. The van der Waals surface area contributed by atoms with Crippen LogP contribution in [0.3, 0.4) is 0 Å². The Hall–Kier alpha value is -0.960. The topological polar surface area (TPSA) is 104 Å². The maximum Gasteiger partial charge on any atom is 0.318 e. The maximum absolute atomic E-state index is 12.2. The highest BCUT2D eigenvalue weighted by Gasteiger charge is 2.34. The Morgan fingerprint density at radius 3 is 2.52 bits per heavy atom. The molecular formula is C12H22N2O5S2. The second kappa shape index (κ2) is 7.35. The second-order valence-corrected chi connectivity index (χ2v) is 8.78. The van der Waals surface area contributed by atoms with Gasteiger partial charge in [-0.1, -0.05) is 13.8 Å². The Balaban J connectivity index is 2.71. The molecule has 7 nitrogen and oxygen atoms in total. The fraction of sp³-hybridized carbons (Fsp3) is 0.833. The van der Waals surface area contributed by atoms with Gasteiger partial charge in [-0.2, -0.15) is 11.8 Å². The quantitative estimate of drug-likeness (QED) is 0.755. The van der Waals surface area contributed by atoms with E-state index in [9.17, 15) is 18.0 Å². The molecule has 9 heteroatoms. The van der Waals surface area contributed by atoms with Crippen LogP contribution < -0.4 is 5.32 Å². The van der Waals surface area contributed by atoms with Gasteiger partial charge < -0.3 is 15.3 Å². The number of carboxylic acid groups (broad SMARTS) is 1. The smallest absolute Gasteiger partial charge is 0.318 e. The van der Waals surface area contributed by atoms with Gasteiger partial charge in [0.25, 0.3) is 0 Å². The molecule has 2 N–H and O–H groups in total. The number of carbonyl (C=O) groups is 2. The zero-order valence-corrected chi connectivity index (χ0v) is 14.0. The fourth-order valence-electron chi connectivity index (χ4n) is 2.08. The van der Waals surface area contributed by atoms with Gasteiger partial charge >= 0.3 is 12.0 Å². The minimum atomic E-state index is -3.36. The van der Waals surface area contributed by atoms with E-state index >= 15 is 0 Å². The van der Waals surface area contributed by atoms with Crippen LogP contribution in [0, 0.1) is 11.8 Å². The van der Waals surface area contributed by atoms with Crippen molar-refractivity contribution >= 4 is 33.6 Å². The highest BCUT2D eigenvalue weighted by atomic mass is 32.2. The van der Waals surface area contributed by atoms with E-state index in [0.29, 0.717) is 18.1 Å². The molecule has 1 saturated heterocycles. The number of amides is 2. The molecule has 0 aromatic carbocycles. The number of hydrogen-bond donors (Lipinski definition) is 2. The molecule has 2 atom stereocenters. The summed E-state index contributed by atoms with van der Waals surface area (Å²) in [5.41, 5.74) is 0. The number of carbonyl (C=O) groups excluding carboxylic acids is 1. The summed E-state index contributed by atoms with van der Waals surface area (Å²) >= 11 is 1.49. The van der Waals surface area contributed by atoms with Gasteiger partial charge in [-0.3, -0.25) is 4.79 Å². The lowest BCUT2D eigenvalue weighted by atomic mass is 9.96. The molecule has 0 aliphatic carbocycles. The van der Waals surface area contributed by atoms with Crippen molar-refractivity contribution in [2.45, 2.75) is 19.2 Å². The van der Waals surface area contributed by atoms with E-state index in [2.05, 4.69) is 5.32 Å². The van der Waals surface area contributed by atoms with Crippen LogP contribution in [-0.4, -0.2) is 66.6 Å². The van der Waals surface area contributed by atoms with Gasteiger partial charge in [0.1, 0.15) is 5.37 Å². The first-order valence-corrected chi connectivity index (χ1v) is 9.79. The molecule has 0 spiro atoms. The molecule has 1 heterocycles. The molecule has 1 rings (SSSR count). The molecule has 1 aliphatic heterocycles. The Morgan fingerprint density at radius 2 is 2.05 bits per heavy atom. The normalized spacial score (nSPS) is 21.1. The molecule has 2 amide bonds. The lowest BCUT2D eigenvalue weighted by Crippen LogP contribution is -2.54. The van der Waals surface area contributed by atoms with Crippen molar-refractivity contribution in [3.8, 4) is 0 Å². The molecule has 0 saturated carbocycles. The molecule has 0 radical (unpaired) electrons. The SMILES string of the molecule is CC(C)C(CNC(=O)N1CCSCC1S(C)(=O)=O)C(=O)O. The fourth-order valence-corrected chi connectivity index (χ4v) is 4.89. The summed E-state index contributed by atoms with van der Waals surface area (Å²) < 4.78 is 23.5. The van der Waals surface area contributed by atoms with Gasteiger partial charge in [0.05, 0.1) is 5.92 Å². The van der Waals surface area contributed by atoms with E-state index in [1.165, 1.54) is 16.7 Å². The minimum absolute atomic E-state index is 0.00798. The molecule has 122 valence electrons. The molecular weight excluding hydrogens is 316 g/mol. The van der Waals surface area contributed by atoms with Gasteiger partial charge in [-0.25, -0.2) is 13.2 Å². The van der Waals surface area contributed by atoms with Gasteiger partial charge in [-0.15, -0.1) is 0 Å². The number of hydrogen-bond acceptors (Lipinski definition) is 5. The largest absolute Gasteiger partial charge is 0.481 e. The number of sulfone groups is 1. The summed E-state index contributed by atoms with van der Waals surface area (Å²) in [6, 6.07) is -0.516. The first kappa shape index (κ1) is 18.1. The lowest BCUT2D eigenvalue weighted by Gasteiger charge is -2.34. The predicted molar refractivity (Wildman–Crippen MR) is 82.0 cm³/mol. The summed E-state index contributed by atoms with van der Waals surface area (Å²) in [5.74, 6) is -0.764. The summed E-state index contributed by atoms with van der Waals surface area (Å²) in [4.78, 5) is 24.5. The molecule has 0 aromatic heterocycles. The average molecular weight is 338 g/mol. The van der Waals surface area contributed by atoms with Crippen molar-refractivity contribution in [3.05, 3.63) is 0 Å². The summed E-state index contributed by atoms with van der Waals surface area (Å²) in [7, 11) is -3.36. The van der Waals surface area contributed by atoms with Crippen LogP contribution in [0.4, 0.5) is 4.79 Å². The Labute approximate surface area is 129 Å². The zero-order valence-electron chi connectivity index (χ0n) is 12.4. The highest BCUT2D eigenvalue weighted by Crippen LogP contribution is 2.20.